The van der Waals surface area contributed by atoms with Crippen LogP contribution in [0.5, 0.6) is 0 Å². The average Bonchev–Trinajstić information content (AvgIpc) is 2.01. The van der Waals surface area contributed by atoms with Crippen LogP contribution in [0, 0.1) is 0 Å². The Morgan fingerprint density at radius 3 is 1.45 bits per heavy atom. The Bertz CT molecular complexity index is 103. The van der Waals surface area contributed by atoms with Gasteiger partial charge in [-0.15, -0.1) is 23.2 Å². The monoisotopic (exact) mass is 212 g/mol. The highest BCUT2D eigenvalue weighted by molar-refractivity contribution is 6.90. The summed E-state index contributed by atoms with van der Waals surface area (Å²) < 4.78 is 0. The summed E-state index contributed by atoms with van der Waals surface area (Å²) in [4.78, 5) is 0. The Morgan fingerprint density at radius 1 is 1.00 bits per heavy atom. The van der Waals surface area contributed by atoms with Crippen LogP contribution in [0.1, 0.15) is 26.7 Å². The van der Waals surface area contributed by atoms with E-state index in [0.717, 1.165) is 12.8 Å². The predicted octanol–water partition coefficient (Wildman–Crippen LogP) is 3.81. The van der Waals surface area contributed by atoms with E-state index in [4.69, 9.17) is 23.2 Å². The third-order valence-corrected chi connectivity index (χ3v) is 10.4. The second-order valence-electron chi connectivity index (χ2n) is 3.57. The summed E-state index contributed by atoms with van der Waals surface area (Å²) in [5.41, 5.74) is 0. The normalized spacial score (nSPS) is 18.0. The van der Waals surface area contributed by atoms with Crippen molar-refractivity contribution >= 4 is 31.3 Å². The first-order chi connectivity index (χ1) is 4.96. The van der Waals surface area contributed by atoms with Gasteiger partial charge in [-0.3, -0.25) is 0 Å². The lowest BCUT2D eigenvalue weighted by Crippen LogP contribution is -2.46. The van der Waals surface area contributed by atoms with Gasteiger partial charge in [0.05, 0.1) is 8.07 Å². The highest BCUT2D eigenvalue weighted by Gasteiger charge is 2.35. The van der Waals surface area contributed by atoms with Crippen LogP contribution in [0.25, 0.3) is 0 Å². The Kier molecular flexibility index (Phi) is 5.08. The third kappa shape index (κ3) is 2.96. The molecule has 11 heavy (non-hydrogen) atoms. The van der Waals surface area contributed by atoms with E-state index in [1.54, 1.807) is 0 Å². The van der Waals surface area contributed by atoms with Gasteiger partial charge in [0.2, 0.25) is 0 Å². The molecule has 0 spiro atoms. The second-order valence-corrected chi connectivity index (χ2v) is 10.4. The van der Waals surface area contributed by atoms with Gasteiger partial charge < -0.3 is 0 Å². The molecule has 0 aliphatic rings. The van der Waals surface area contributed by atoms with Crippen LogP contribution in [0.3, 0.4) is 0 Å². The zero-order chi connectivity index (χ0) is 9.07. The summed E-state index contributed by atoms with van der Waals surface area (Å²) in [7, 11) is -1.38. The molecular formula is C8H18Cl2Si. The number of hydrogen-bond donors (Lipinski definition) is 0. The summed E-state index contributed by atoms with van der Waals surface area (Å²) in [6.45, 7) is 8.81. The number of rotatable bonds is 4. The number of halogens is 2. The Balaban J connectivity index is 4.18. The summed E-state index contributed by atoms with van der Waals surface area (Å²) in [5.74, 6) is 0. The molecule has 0 nitrogen and oxygen atoms in total. The fourth-order valence-corrected chi connectivity index (χ4v) is 4.85. The van der Waals surface area contributed by atoms with Crippen molar-refractivity contribution in [2.45, 2.75) is 49.8 Å². The largest absolute Gasteiger partial charge is 0.126 e. The van der Waals surface area contributed by atoms with Gasteiger partial charge in [0.15, 0.2) is 0 Å². The van der Waals surface area contributed by atoms with E-state index >= 15 is 0 Å². The van der Waals surface area contributed by atoms with Crippen molar-refractivity contribution in [3.05, 3.63) is 0 Å². The minimum Gasteiger partial charge on any atom is -0.126 e. The van der Waals surface area contributed by atoms with Gasteiger partial charge in [-0.05, 0) is 12.8 Å². The van der Waals surface area contributed by atoms with Crippen LogP contribution in [-0.2, 0) is 0 Å². The predicted molar refractivity (Wildman–Crippen MR) is 57.3 cm³/mol. The van der Waals surface area contributed by atoms with Crippen molar-refractivity contribution in [1.29, 1.82) is 0 Å². The van der Waals surface area contributed by atoms with Gasteiger partial charge >= 0.3 is 0 Å². The quantitative estimate of drug-likeness (QED) is 0.492. The standard InChI is InChI=1S/C8H18Cl2Si/c1-5-7(9)11(3,4)8(10)6-2/h7-8H,5-6H2,1-4H3. The second kappa shape index (κ2) is 4.73. The van der Waals surface area contributed by atoms with E-state index in [-0.39, 0.29) is 0 Å². The molecule has 0 aromatic carbocycles. The van der Waals surface area contributed by atoms with E-state index in [1.807, 2.05) is 0 Å². The van der Waals surface area contributed by atoms with Crippen LogP contribution < -0.4 is 0 Å². The van der Waals surface area contributed by atoms with E-state index in [2.05, 4.69) is 26.9 Å². The molecule has 3 heteroatoms. The van der Waals surface area contributed by atoms with Crippen molar-refractivity contribution in [2.24, 2.45) is 0 Å². The van der Waals surface area contributed by atoms with Gasteiger partial charge in [0.25, 0.3) is 0 Å². The lowest BCUT2D eigenvalue weighted by molar-refractivity contribution is 0.927. The van der Waals surface area contributed by atoms with Crippen molar-refractivity contribution in [2.75, 3.05) is 0 Å². The molecule has 0 saturated carbocycles. The Labute approximate surface area is 81.3 Å². The number of alkyl halides is 2. The minimum atomic E-state index is -1.38. The highest BCUT2D eigenvalue weighted by Crippen LogP contribution is 2.26. The van der Waals surface area contributed by atoms with Gasteiger partial charge in [0, 0.05) is 10.0 Å². The maximum Gasteiger partial charge on any atom is 0.0876 e. The van der Waals surface area contributed by atoms with Crippen molar-refractivity contribution in [3.8, 4) is 0 Å². The van der Waals surface area contributed by atoms with E-state index in [0.29, 0.717) is 10.0 Å². The maximum absolute atomic E-state index is 6.21. The first-order valence-electron chi connectivity index (χ1n) is 4.24. The Hall–Kier alpha value is 0.797. The molecule has 0 bridgehead atoms. The molecule has 0 aromatic heterocycles. The van der Waals surface area contributed by atoms with Crippen LogP contribution in [-0.4, -0.2) is 18.1 Å². The summed E-state index contributed by atoms with van der Waals surface area (Å²) in [5, 5.41) is 0.648. The van der Waals surface area contributed by atoms with Crippen LogP contribution >= 0.6 is 23.2 Å². The number of hydrogen-bond acceptors (Lipinski definition) is 0. The first-order valence-corrected chi connectivity index (χ1v) is 8.27. The topological polar surface area (TPSA) is 0 Å². The van der Waals surface area contributed by atoms with Crippen molar-refractivity contribution in [1.82, 2.24) is 0 Å². The SMILES string of the molecule is CCC(Cl)[Si](C)(C)C(Cl)CC. The van der Waals surface area contributed by atoms with E-state index in [1.165, 1.54) is 0 Å². The first kappa shape index (κ1) is 11.8. The Morgan fingerprint density at radius 2 is 1.27 bits per heavy atom. The molecule has 0 aliphatic carbocycles. The zero-order valence-corrected chi connectivity index (χ0v) is 10.3. The highest BCUT2D eigenvalue weighted by atomic mass is 35.5. The summed E-state index contributed by atoms with van der Waals surface area (Å²) in [6.07, 6.45) is 2.09. The molecule has 0 rings (SSSR count). The van der Waals surface area contributed by atoms with E-state index in [9.17, 15) is 0 Å². The lowest BCUT2D eigenvalue weighted by atomic mass is 10.6. The van der Waals surface area contributed by atoms with Crippen LogP contribution in [0.2, 0.25) is 13.1 Å². The fourth-order valence-electron chi connectivity index (χ4n) is 1.25. The summed E-state index contributed by atoms with van der Waals surface area (Å²) >= 11 is 12.4. The molecule has 0 heterocycles. The van der Waals surface area contributed by atoms with Crippen LogP contribution in [0.15, 0.2) is 0 Å². The van der Waals surface area contributed by atoms with Crippen molar-refractivity contribution < 1.29 is 0 Å². The van der Waals surface area contributed by atoms with Crippen LogP contribution in [0.4, 0.5) is 0 Å². The van der Waals surface area contributed by atoms with Gasteiger partial charge in [-0.1, -0.05) is 26.9 Å². The molecule has 2 atom stereocenters. The molecule has 0 aliphatic heterocycles. The van der Waals surface area contributed by atoms with Gasteiger partial charge in [-0.2, -0.15) is 0 Å². The van der Waals surface area contributed by atoms with Gasteiger partial charge in [0.1, 0.15) is 0 Å². The minimum absolute atomic E-state index is 0.324. The molecule has 0 fully saturated rings. The molecule has 2 unspecified atom stereocenters. The molecule has 0 N–H and O–H groups in total. The molecule has 0 radical (unpaired) electrons. The molecular weight excluding hydrogens is 195 g/mol. The van der Waals surface area contributed by atoms with Crippen molar-refractivity contribution in [3.63, 3.8) is 0 Å². The fraction of sp³-hybridized carbons (Fsp3) is 1.00. The lowest BCUT2D eigenvalue weighted by Gasteiger charge is -2.31. The smallest absolute Gasteiger partial charge is 0.0876 e. The molecule has 0 saturated heterocycles. The molecule has 68 valence electrons. The average molecular weight is 213 g/mol. The summed E-state index contributed by atoms with van der Waals surface area (Å²) in [6, 6.07) is 0. The maximum atomic E-state index is 6.21. The van der Waals surface area contributed by atoms with Gasteiger partial charge in [-0.25, -0.2) is 0 Å². The third-order valence-electron chi connectivity index (χ3n) is 2.33. The molecule has 0 amide bonds. The zero-order valence-electron chi connectivity index (χ0n) is 7.82. The van der Waals surface area contributed by atoms with E-state index < -0.39 is 8.07 Å². The molecule has 0 aromatic rings.